The summed E-state index contributed by atoms with van der Waals surface area (Å²) in [7, 11) is 0. The van der Waals surface area contributed by atoms with Gasteiger partial charge in [0.25, 0.3) is 0 Å². The van der Waals surface area contributed by atoms with Crippen LogP contribution in [0.15, 0.2) is 0 Å². The largest absolute Gasteiger partial charge is 1.00 e. The molecule has 0 aliphatic carbocycles. The van der Waals surface area contributed by atoms with E-state index in [4.69, 9.17) is 5.11 Å². The average Bonchev–Trinajstić information content (AvgIpc) is 1.39. The van der Waals surface area contributed by atoms with Crippen molar-refractivity contribution in [2.45, 2.75) is 19.1 Å². The van der Waals surface area contributed by atoms with Crippen LogP contribution >= 0.6 is 0 Å². The van der Waals surface area contributed by atoms with Crippen molar-refractivity contribution in [2.24, 2.45) is 0 Å². The molecule has 0 radical (unpaired) electrons. The van der Waals surface area contributed by atoms with Crippen LogP contribution in [0, 0.1) is 0 Å². The molecular formula is C4H11AlCl8OW-6. The van der Waals surface area contributed by atoms with Gasteiger partial charge in [-0.15, -0.1) is 0 Å². The van der Waals surface area contributed by atoms with E-state index in [1.165, 1.54) is 5.28 Å². The topological polar surface area (TPSA) is 20.2 Å². The van der Waals surface area contributed by atoms with Gasteiger partial charge in [0, 0.05) is 27.7 Å². The Balaban J connectivity index is -0.00000000148. The third kappa shape index (κ3) is 343. The van der Waals surface area contributed by atoms with Crippen LogP contribution in [0.25, 0.3) is 0 Å². The normalized spacial score (nSPS) is 2.47. The van der Waals surface area contributed by atoms with Gasteiger partial charge in [-0.3, -0.25) is 0 Å². The molecule has 0 atom stereocenters. The molecule has 0 rings (SSSR count). The van der Waals surface area contributed by atoms with E-state index in [-0.39, 0.29) is 127 Å². The molecule has 0 heterocycles. The molecule has 0 amide bonds. The number of hydrogen-bond acceptors (Lipinski definition) is 1. The van der Waals surface area contributed by atoms with Crippen LogP contribution in [-0.2, 0) is 21.1 Å². The molecule has 0 aliphatic rings. The first kappa shape index (κ1) is 101. The van der Waals surface area contributed by atoms with Gasteiger partial charge in [0.15, 0.2) is 0 Å². The van der Waals surface area contributed by atoms with Crippen molar-refractivity contribution in [2.75, 3.05) is 6.61 Å². The van der Waals surface area contributed by atoms with E-state index in [2.05, 4.69) is 23.2 Å². The molecule has 0 spiro atoms. The molecule has 104 valence electrons. The van der Waals surface area contributed by atoms with Crippen LogP contribution < -0.4 is 99.3 Å². The molecule has 0 saturated heterocycles. The Morgan fingerprint density at radius 2 is 0.733 bits per heavy atom. The number of aliphatic hydroxyl groups excluding tert-OH is 1. The van der Waals surface area contributed by atoms with Crippen molar-refractivity contribution in [1.29, 1.82) is 0 Å². The first-order chi connectivity index (χ1) is 2.83. The van der Waals surface area contributed by atoms with Gasteiger partial charge in [-0.2, -0.15) is 0 Å². The van der Waals surface area contributed by atoms with Gasteiger partial charge in [0.05, 0.1) is 0 Å². The van der Waals surface area contributed by atoms with Crippen molar-refractivity contribution in [1.82, 2.24) is 0 Å². The predicted octanol–water partition coefficient (Wildman–Crippen LogP) is -23.4. The molecule has 1 N–H and O–H groups in total. The Kier molecular flexibility index (Phi) is 1060. The Labute approximate surface area is 165 Å². The fourth-order valence-corrected chi connectivity index (χ4v) is 0. The van der Waals surface area contributed by atoms with Gasteiger partial charge < -0.3 is 104 Å². The molecule has 15 heavy (non-hydrogen) atoms. The van der Waals surface area contributed by atoms with Crippen LogP contribution in [-0.4, -0.2) is 28.0 Å². The molecular weight excluding hydrogens is 558 g/mol. The number of aliphatic hydroxyl groups is 1. The van der Waals surface area contributed by atoms with Crippen molar-refractivity contribution >= 4 is 16.3 Å². The summed E-state index contributed by atoms with van der Waals surface area (Å²) in [6, 6.07) is 0. The maximum Gasteiger partial charge on any atom is 0 e. The number of halogens is 8. The van der Waals surface area contributed by atoms with Crippen molar-refractivity contribution in [3.05, 3.63) is 0 Å². The van der Waals surface area contributed by atoms with Gasteiger partial charge in [-0.05, 0) is 6.92 Å². The Hall–Kier alpha value is 3.50. The smallest absolute Gasteiger partial charge is 0 e. The molecule has 0 aromatic rings. The zero-order valence-corrected chi connectivity index (χ0v) is 18.0. The van der Waals surface area contributed by atoms with Gasteiger partial charge in [-0.1, -0.05) is 0 Å². The van der Waals surface area contributed by atoms with Gasteiger partial charge >= 0.3 is 28.5 Å². The predicted molar refractivity (Wildman–Crippen MR) is 29.0 cm³/mol. The van der Waals surface area contributed by atoms with Gasteiger partial charge in [0.2, 0.25) is 0 Å². The molecule has 0 aromatic heterocycles. The molecule has 0 aromatic carbocycles. The van der Waals surface area contributed by atoms with E-state index in [1.54, 1.807) is 6.92 Å². The summed E-state index contributed by atoms with van der Waals surface area (Å²) in [5.74, 6) is 0. The van der Waals surface area contributed by atoms with Crippen molar-refractivity contribution in [3.63, 3.8) is 0 Å². The Morgan fingerprint density at radius 3 is 0.733 bits per heavy atom. The molecule has 0 unspecified atom stereocenters. The zero-order valence-electron chi connectivity index (χ0n) is 7.87. The first-order valence-corrected chi connectivity index (χ1v) is 2.96. The minimum Gasteiger partial charge on any atom is -1.00 e. The summed E-state index contributed by atoms with van der Waals surface area (Å²) in [5.41, 5.74) is 0. The quantitative estimate of drug-likeness (QED) is 0.288. The van der Waals surface area contributed by atoms with E-state index in [9.17, 15) is 0 Å². The summed E-state index contributed by atoms with van der Waals surface area (Å²) >= 11 is 2.58. The summed E-state index contributed by atoms with van der Waals surface area (Å²) in [5, 5.41) is 8.74. The van der Waals surface area contributed by atoms with Gasteiger partial charge in [0.1, 0.15) is 0 Å². The second kappa shape index (κ2) is 157. The van der Waals surface area contributed by atoms with E-state index in [1.807, 2.05) is 0 Å². The second-order valence-electron chi connectivity index (χ2n) is 0.724. The van der Waals surface area contributed by atoms with E-state index < -0.39 is 0 Å². The summed E-state index contributed by atoms with van der Waals surface area (Å²) in [6.45, 7) is 4.02. The third-order valence-corrected chi connectivity index (χ3v) is 0. The monoisotopic (exact) mass is 566 g/mol. The van der Waals surface area contributed by atoms with Crippen molar-refractivity contribution < 1.29 is 125 Å². The first-order valence-electron chi connectivity index (χ1n) is 2.14. The molecule has 1 nitrogen and oxygen atoms in total. The van der Waals surface area contributed by atoms with E-state index in [0.29, 0.717) is 0 Å². The maximum atomic E-state index is 7.57. The Bertz CT molecular complexity index is 28.6. The van der Waals surface area contributed by atoms with Crippen LogP contribution in [0.3, 0.4) is 0 Å². The summed E-state index contributed by atoms with van der Waals surface area (Å²) in [4.78, 5) is 0. The van der Waals surface area contributed by atoms with E-state index in [0.717, 1.165) is 0 Å². The standard InChI is InChI=1S/C2H6O.C2H5.Al.8ClH.W/c1-2-3;1-2;;;;;;;;;;/h3H,2H2,1H3;1H2,2H3;;8*1H;/q;;+2;;;;;;;;;/p-8. The summed E-state index contributed by atoms with van der Waals surface area (Å²) in [6.07, 6.45) is 0. The number of hydrogen-bond donors (Lipinski definition) is 1. The second-order valence-corrected chi connectivity index (χ2v) is 1.54. The zero-order chi connectivity index (χ0) is 5.41. The fraction of sp³-hybridized carbons (Fsp3) is 1.00. The molecule has 0 fully saturated rings. The molecule has 0 aliphatic heterocycles. The van der Waals surface area contributed by atoms with Gasteiger partial charge in [-0.25, -0.2) is 0 Å². The maximum absolute atomic E-state index is 7.57. The molecule has 11 heteroatoms. The molecule has 0 saturated carbocycles. The SMILES string of the molecule is CCO.C[CH2][Al+2].[Cl-].[Cl-].[Cl-].[Cl-].[Cl-].[Cl-].[Cl-].[Cl-].[W]. The average molecular weight is 570 g/mol. The van der Waals surface area contributed by atoms with Crippen LogP contribution in [0.4, 0.5) is 0 Å². The summed E-state index contributed by atoms with van der Waals surface area (Å²) < 4.78 is 0. The Morgan fingerprint density at radius 1 is 0.733 bits per heavy atom. The van der Waals surface area contributed by atoms with Crippen molar-refractivity contribution in [3.8, 4) is 0 Å². The third-order valence-electron chi connectivity index (χ3n) is 0. The van der Waals surface area contributed by atoms with Crippen LogP contribution in [0.2, 0.25) is 5.28 Å². The molecule has 0 bridgehead atoms. The van der Waals surface area contributed by atoms with Crippen LogP contribution in [0.1, 0.15) is 13.8 Å². The van der Waals surface area contributed by atoms with Crippen LogP contribution in [0.5, 0.6) is 0 Å². The number of rotatable bonds is 0. The minimum absolute atomic E-state index is 0. The van der Waals surface area contributed by atoms with E-state index >= 15 is 0 Å². The minimum atomic E-state index is 0. The fourth-order valence-electron chi connectivity index (χ4n) is 0.